The Morgan fingerprint density at radius 3 is 2.25 bits per heavy atom. The number of nitrogens with one attached hydrogen (secondary N) is 1. The van der Waals surface area contributed by atoms with Crippen LogP contribution in [0.2, 0.25) is 0 Å². The molecule has 0 radical (unpaired) electrons. The van der Waals surface area contributed by atoms with Crippen molar-refractivity contribution in [2.75, 3.05) is 0 Å². The minimum Gasteiger partial charge on any atom is -0.309 e. The van der Waals surface area contributed by atoms with E-state index in [1.807, 2.05) is 0 Å². The third kappa shape index (κ3) is 3.10. The zero-order valence-corrected chi connectivity index (χ0v) is 8.73. The molecule has 0 fully saturated rings. The van der Waals surface area contributed by atoms with Gasteiger partial charge in [-0.2, -0.15) is 0 Å². The fourth-order valence-corrected chi connectivity index (χ4v) is 1.37. The van der Waals surface area contributed by atoms with Crippen LogP contribution in [0, 0.1) is 5.82 Å². The highest BCUT2D eigenvalue weighted by molar-refractivity contribution is 5.16. The molecule has 0 saturated heterocycles. The van der Waals surface area contributed by atoms with E-state index in [4.69, 9.17) is 0 Å². The number of hydrogen-bond acceptors (Lipinski definition) is 3. The molecule has 0 atom stereocenters. The molecule has 0 aliphatic carbocycles. The average Bonchev–Trinajstić information content (AvgIpc) is 2.33. The van der Waals surface area contributed by atoms with E-state index in [2.05, 4.69) is 15.3 Å². The number of benzene rings is 1. The van der Waals surface area contributed by atoms with Gasteiger partial charge in [-0.25, -0.2) is 14.4 Å². The molecule has 0 spiro atoms. The Bertz CT molecular complexity index is 428. The quantitative estimate of drug-likeness (QED) is 0.850. The van der Waals surface area contributed by atoms with Crippen LogP contribution in [0.25, 0.3) is 0 Å². The van der Waals surface area contributed by atoms with E-state index in [-0.39, 0.29) is 5.82 Å². The lowest BCUT2D eigenvalue weighted by Crippen LogP contribution is -2.12. The highest BCUT2D eigenvalue weighted by Gasteiger charge is 1.95. The highest BCUT2D eigenvalue weighted by Crippen LogP contribution is 2.02. The molecule has 0 amide bonds. The normalized spacial score (nSPS) is 10.3. The molecule has 0 aliphatic rings. The van der Waals surface area contributed by atoms with Gasteiger partial charge in [0.25, 0.3) is 0 Å². The molecule has 1 N–H and O–H groups in total. The van der Waals surface area contributed by atoms with Gasteiger partial charge in [0, 0.05) is 31.0 Å². The van der Waals surface area contributed by atoms with E-state index in [9.17, 15) is 4.39 Å². The fraction of sp³-hybridized carbons (Fsp3) is 0.167. The summed E-state index contributed by atoms with van der Waals surface area (Å²) in [5.74, 6) is -0.208. The second-order valence-corrected chi connectivity index (χ2v) is 3.48. The van der Waals surface area contributed by atoms with Crippen LogP contribution in [-0.2, 0) is 13.1 Å². The molecular weight excluding hydrogens is 205 g/mol. The summed E-state index contributed by atoms with van der Waals surface area (Å²) in [6.07, 6.45) is 5.04. The largest absolute Gasteiger partial charge is 0.309 e. The first-order valence-corrected chi connectivity index (χ1v) is 5.03. The van der Waals surface area contributed by atoms with Crippen molar-refractivity contribution >= 4 is 0 Å². The van der Waals surface area contributed by atoms with E-state index < -0.39 is 0 Å². The summed E-state index contributed by atoms with van der Waals surface area (Å²) in [5.41, 5.74) is 2.09. The van der Waals surface area contributed by atoms with Crippen LogP contribution in [-0.4, -0.2) is 9.97 Å². The molecule has 3 nitrogen and oxygen atoms in total. The number of hydrogen-bond donors (Lipinski definition) is 1. The van der Waals surface area contributed by atoms with Crippen LogP contribution < -0.4 is 5.32 Å². The van der Waals surface area contributed by atoms with Crippen molar-refractivity contribution in [2.24, 2.45) is 0 Å². The number of rotatable bonds is 4. The zero-order chi connectivity index (χ0) is 11.2. The smallest absolute Gasteiger partial charge is 0.123 e. The minimum atomic E-state index is -0.208. The predicted octanol–water partition coefficient (Wildman–Crippen LogP) is 1.91. The lowest BCUT2D eigenvalue weighted by molar-refractivity contribution is 0.624. The second kappa shape index (κ2) is 5.32. The summed E-state index contributed by atoms with van der Waals surface area (Å²) in [7, 11) is 0. The zero-order valence-electron chi connectivity index (χ0n) is 8.73. The Balaban J connectivity index is 1.82. The summed E-state index contributed by atoms with van der Waals surface area (Å²) < 4.78 is 12.6. The monoisotopic (exact) mass is 217 g/mol. The molecular formula is C12H12FN3. The Morgan fingerprint density at radius 2 is 1.56 bits per heavy atom. The van der Waals surface area contributed by atoms with Gasteiger partial charge in [-0.05, 0) is 17.7 Å². The van der Waals surface area contributed by atoms with Gasteiger partial charge in [0.1, 0.15) is 12.1 Å². The minimum absolute atomic E-state index is 0.208. The molecule has 1 heterocycles. The molecule has 2 rings (SSSR count). The number of aromatic nitrogens is 2. The predicted molar refractivity (Wildman–Crippen MR) is 59.0 cm³/mol. The average molecular weight is 217 g/mol. The third-order valence-corrected chi connectivity index (χ3v) is 2.19. The van der Waals surface area contributed by atoms with Gasteiger partial charge in [-0.15, -0.1) is 0 Å². The molecule has 0 aliphatic heterocycles. The Morgan fingerprint density at radius 1 is 0.938 bits per heavy atom. The van der Waals surface area contributed by atoms with E-state index in [1.54, 1.807) is 24.5 Å². The Hall–Kier alpha value is -1.81. The standard InChI is InChI=1S/C12H12FN3/c13-12-3-1-10(2-4-12)5-14-6-11-7-15-9-16-8-11/h1-4,7-9,14H,5-6H2. The fourth-order valence-electron chi connectivity index (χ4n) is 1.37. The first-order chi connectivity index (χ1) is 7.84. The molecule has 1 aromatic heterocycles. The van der Waals surface area contributed by atoms with Gasteiger partial charge in [0.2, 0.25) is 0 Å². The first-order valence-electron chi connectivity index (χ1n) is 5.03. The molecule has 0 unspecified atom stereocenters. The lowest BCUT2D eigenvalue weighted by Gasteiger charge is -2.04. The van der Waals surface area contributed by atoms with Crippen LogP contribution in [0.5, 0.6) is 0 Å². The van der Waals surface area contributed by atoms with Crippen molar-refractivity contribution in [3.63, 3.8) is 0 Å². The van der Waals surface area contributed by atoms with Crippen molar-refractivity contribution < 1.29 is 4.39 Å². The molecule has 4 heteroatoms. The molecule has 0 saturated carbocycles. The molecule has 16 heavy (non-hydrogen) atoms. The maximum absolute atomic E-state index is 12.6. The molecule has 0 bridgehead atoms. The van der Waals surface area contributed by atoms with Crippen molar-refractivity contribution in [1.82, 2.24) is 15.3 Å². The van der Waals surface area contributed by atoms with E-state index in [0.29, 0.717) is 13.1 Å². The molecule has 2 aromatic rings. The topological polar surface area (TPSA) is 37.8 Å². The summed E-state index contributed by atoms with van der Waals surface area (Å²) in [4.78, 5) is 7.84. The van der Waals surface area contributed by atoms with Gasteiger partial charge in [0.05, 0.1) is 0 Å². The van der Waals surface area contributed by atoms with Crippen molar-refractivity contribution in [1.29, 1.82) is 0 Å². The van der Waals surface area contributed by atoms with Crippen LogP contribution in [0.3, 0.4) is 0 Å². The maximum Gasteiger partial charge on any atom is 0.123 e. The Kier molecular flexibility index (Phi) is 3.56. The number of nitrogens with zero attached hydrogens (tertiary/aromatic N) is 2. The SMILES string of the molecule is Fc1ccc(CNCc2cncnc2)cc1. The highest BCUT2D eigenvalue weighted by atomic mass is 19.1. The van der Waals surface area contributed by atoms with Gasteiger partial charge < -0.3 is 5.32 Å². The lowest BCUT2D eigenvalue weighted by atomic mass is 10.2. The van der Waals surface area contributed by atoms with Crippen molar-refractivity contribution in [2.45, 2.75) is 13.1 Å². The van der Waals surface area contributed by atoms with Gasteiger partial charge >= 0.3 is 0 Å². The summed E-state index contributed by atoms with van der Waals surface area (Å²) >= 11 is 0. The first kappa shape index (κ1) is 10.7. The van der Waals surface area contributed by atoms with E-state index in [0.717, 1.165) is 11.1 Å². The second-order valence-electron chi connectivity index (χ2n) is 3.48. The Labute approximate surface area is 93.4 Å². The summed E-state index contributed by atoms with van der Waals surface area (Å²) in [6.45, 7) is 1.41. The molecule has 1 aromatic carbocycles. The summed E-state index contributed by atoms with van der Waals surface area (Å²) in [5, 5.41) is 3.23. The van der Waals surface area contributed by atoms with Crippen LogP contribution in [0.15, 0.2) is 43.0 Å². The maximum atomic E-state index is 12.6. The van der Waals surface area contributed by atoms with Gasteiger partial charge in [-0.1, -0.05) is 12.1 Å². The van der Waals surface area contributed by atoms with Crippen molar-refractivity contribution in [3.8, 4) is 0 Å². The van der Waals surface area contributed by atoms with Gasteiger partial charge in [-0.3, -0.25) is 0 Å². The third-order valence-electron chi connectivity index (χ3n) is 2.19. The molecule has 82 valence electrons. The van der Waals surface area contributed by atoms with Crippen LogP contribution in [0.1, 0.15) is 11.1 Å². The number of halogens is 1. The van der Waals surface area contributed by atoms with Crippen LogP contribution >= 0.6 is 0 Å². The van der Waals surface area contributed by atoms with Gasteiger partial charge in [0.15, 0.2) is 0 Å². The van der Waals surface area contributed by atoms with E-state index in [1.165, 1.54) is 18.5 Å². The van der Waals surface area contributed by atoms with Crippen LogP contribution in [0.4, 0.5) is 4.39 Å². The van der Waals surface area contributed by atoms with E-state index >= 15 is 0 Å². The summed E-state index contributed by atoms with van der Waals surface area (Å²) in [6, 6.07) is 6.46. The van der Waals surface area contributed by atoms with Crippen molar-refractivity contribution in [3.05, 3.63) is 59.9 Å².